The van der Waals surface area contributed by atoms with Crippen molar-refractivity contribution < 1.29 is 19.6 Å². The first kappa shape index (κ1) is 25.4. The Hall–Kier alpha value is -4.73. The van der Waals surface area contributed by atoms with Crippen molar-refractivity contribution in [2.24, 2.45) is 0 Å². The summed E-state index contributed by atoms with van der Waals surface area (Å²) >= 11 is 0. The summed E-state index contributed by atoms with van der Waals surface area (Å²) in [6.07, 6.45) is 1.98. The van der Waals surface area contributed by atoms with Crippen molar-refractivity contribution in [3.63, 3.8) is 0 Å². The van der Waals surface area contributed by atoms with Crippen molar-refractivity contribution in [3.05, 3.63) is 98.9 Å². The molecule has 1 atom stereocenters. The van der Waals surface area contributed by atoms with Crippen LogP contribution in [0.4, 0.5) is 17.2 Å². The van der Waals surface area contributed by atoms with Gasteiger partial charge in [0.1, 0.15) is 5.82 Å². The van der Waals surface area contributed by atoms with Gasteiger partial charge in [-0.3, -0.25) is 24.1 Å². The van der Waals surface area contributed by atoms with E-state index in [0.29, 0.717) is 17.6 Å². The summed E-state index contributed by atoms with van der Waals surface area (Å²) < 4.78 is 1.80. The first-order valence-corrected chi connectivity index (χ1v) is 11.8. The van der Waals surface area contributed by atoms with Gasteiger partial charge < -0.3 is 15.7 Å². The predicted octanol–water partition coefficient (Wildman–Crippen LogP) is 5.11. The second-order valence-electron chi connectivity index (χ2n) is 8.74. The van der Waals surface area contributed by atoms with E-state index in [1.165, 1.54) is 18.2 Å². The molecule has 1 amide bonds. The number of nitro groups is 1. The second kappa shape index (κ2) is 10.5. The highest BCUT2D eigenvalue weighted by Crippen LogP contribution is 2.29. The molecule has 10 heteroatoms. The number of amides is 1. The van der Waals surface area contributed by atoms with Gasteiger partial charge in [0.15, 0.2) is 5.65 Å². The van der Waals surface area contributed by atoms with Crippen LogP contribution in [-0.2, 0) is 11.2 Å². The molecule has 0 spiro atoms. The number of nitrogens with zero attached hydrogens (tertiary/aromatic N) is 3. The molecule has 2 aromatic heterocycles. The number of aliphatic carboxylic acids is 1. The Morgan fingerprint density at radius 1 is 1.11 bits per heavy atom. The van der Waals surface area contributed by atoms with Gasteiger partial charge >= 0.3 is 5.97 Å². The number of carbonyl (C=O) groups is 2. The Morgan fingerprint density at radius 2 is 1.81 bits per heavy atom. The van der Waals surface area contributed by atoms with Crippen LogP contribution in [0.1, 0.15) is 52.1 Å². The maximum Gasteiger partial charge on any atom is 0.305 e. The number of carboxylic acids is 1. The quantitative estimate of drug-likeness (QED) is 0.214. The monoisotopic (exact) mass is 501 g/mol. The van der Waals surface area contributed by atoms with E-state index < -0.39 is 29.3 Å². The van der Waals surface area contributed by atoms with Crippen LogP contribution < -0.4 is 10.6 Å². The van der Waals surface area contributed by atoms with Crippen molar-refractivity contribution in [1.29, 1.82) is 0 Å². The van der Waals surface area contributed by atoms with Gasteiger partial charge in [-0.15, -0.1) is 0 Å². The molecular formula is C27H27N5O5. The van der Waals surface area contributed by atoms with E-state index in [-0.39, 0.29) is 11.3 Å². The number of nitro benzene ring substituents is 1. The molecule has 37 heavy (non-hydrogen) atoms. The number of pyridine rings is 1. The van der Waals surface area contributed by atoms with Crippen LogP contribution in [0.5, 0.6) is 0 Å². The Balaban J connectivity index is 1.72. The van der Waals surface area contributed by atoms with Crippen molar-refractivity contribution in [3.8, 4) is 0 Å². The van der Waals surface area contributed by atoms with E-state index in [4.69, 9.17) is 4.98 Å². The number of nitrogens with one attached hydrogen (secondary N) is 2. The van der Waals surface area contributed by atoms with E-state index in [1.807, 2.05) is 45.2 Å². The molecule has 0 aliphatic rings. The van der Waals surface area contributed by atoms with Gasteiger partial charge in [-0.1, -0.05) is 37.3 Å². The Labute approximate surface area is 213 Å². The maximum atomic E-state index is 13.4. The first-order valence-electron chi connectivity index (χ1n) is 11.8. The summed E-state index contributed by atoms with van der Waals surface area (Å²) in [5.41, 5.74) is 4.67. The fourth-order valence-corrected chi connectivity index (χ4v) is 4.32. The van der Waals surface area contributed by atoms with Gasteiger partial charge in [0.05, 0.1) is 28.6 Å². The van der Waals surface area contributed by atoms with Gasteiger partial charge in [0.25, 0.3) is 11.6 Å². The third kappa shape index (κ3) is 5.27. The van der Waals surface area contributed by atoms with Gasteiger partial charge in [-0.2, -0.15) is 0 Å². The molecular weight excluding hydrogens is 474 g/mol. The largest absolute Gasteiger partial charge is 0.481 e. The molecule has 0 aliphatic heterocycles. The number of para-hydroxylation sites is 1. The lowest BCUT2D eigenvalue weighted by atomic mass is 10.0. The lowest BCUT2D eigenvalue weighted by molar-refractivity contribution is -0.384. The molecule has 0 aliphatic carbocycles. The predicted molar refractivity (Wildman–Crippen MR) is 139 cm³/mol. The molecule has 0 saturated carbocycles. The normalized spacial score (nSPS) is 11.8. The molecule has 0 bridgehead atoms. The van der Waals surface area contributed by atoms with Crippen molar-refractivity contribution in [1.82, 2.24) is 14.7 Å². The Bertz CT molecular complexity index is 1490. The molecule has 0 saturated heterocycles. The lowest BCUT2D eigenvalue weighted by Gasteiger charge is -2.18. The topological polar surface area (TPSA) is 139 Å². The van der Waals surface area contributed by atoms with Crippen LogP contribution in [0.2, 0.25) is 0 Å². The number of carbonyl (C=O) groups excluding carboxylic acids is 1. The number of aromatic nitrogens is 2. The van der Waals surface area contributed by atoms with Gasteiger partial charge in [-0.05, 0) is 49.1 Å². The summed E-state index contributed by atoms with van der Waals surface area (Å²) in [7, 11) is 0. The number of non-ortho nitro benzene ring substituents is 1. The number of hydrogen-bond donors (Lipinski definition) is 3. The zero-order valence-electron chi connectivity index (χ0n) is 20.7. The number of hydrogen-bond acceptors (Lipinski definition) is 6. The molecule has 3 N–H and O–H groups in total. The van der Waals surface area contributed by atoms with Crippen LogP contribution in [0.15, 0.2) is 60.8 Å². The van der Waals surface area contributed by atoms with Crippen LogP contribution >= 0.6 is 0 Å². The summed E-state index contributed by atoms with van der Waals surface area (Å²) in [5, 5.41) is 26.9. The maximum absolute atomic E-state index is 13.4. The minimum absolute atomic E-state index is 0.188. The average molecular weight is 502 g/mol. The molecule has 2 aromatic carbocycles. The van der Waals surface area contributed by atoms with Crippen molar-refractivity contribution >= 4 is 34.7 Å². The van der Waals surface area contributed by atoms with Crippen molar-refractivity contribution in [2.75, 3.05) is 5.32 Å². The average Bonchev–Trinajstić information content (AvgIpc) is 3.23. The van der Waals surface area contributed by atoms with Crippen LogP contribution in [0.25, 0.3) is 5.65 Å². The SMILES string of the molecule is CCc1nc2c(C(=O)NC(CC(=O)O)c3cccc([N+](=O)[O-])c3)cccn2c1Nc1c(C)cccc1C. The summed E-state index contributed by atoms with van der Waals surface area (Å²) in [6.45, 7) is 6.00. The third-order valence-electron chi connectivity index (χ3n) is 6.19. The summed E-state index contributed by atoms with van der Waals surface area (Å²) in [6, 6.07) is 14.0. The number of imidazole rings is 1. The van der Waals surface area contributed by atoms with Crippen LogP contribution in [-0.4, -0.2) is 31.3 Å². The van der Waals surface area contributed by atoms with E-state index in [9.17, 15) is 24.8 Å². The number of aryl methyl sites for hydroxylation is 3. The summed E-state index contributed by atoms with van der Waals surface area (Å²) in [4.78, 5) is 40.3. The minimum Gasteiger partial charge on any atom is -0.481 e. The molecule has 2 heterocycles. The highest BCUT2D eigenvalue weighted by Gasteiger charge is 2.24. The van der Waals surface area contributed by atoms with Gasteiger partial charge in [-0.25, -0.2) is 4.98 Å². The third-order valence-corrected chi connectivity index (χ3v) is 6.19. The number of anilines is 2. The highest BCUT2D eigenvalue weighted by atomic mass is 16.6. The fraction of sp³-hybridized carbons (Fsp3) is 0.222. The number of fused-ring (bicyclic) bond motifs is 1. The molecule has 4 rings (SSSR count). The fourth-order valence-electron chi connectivity index (χ4n) is 4.32. The zero-order chi connectivity index (χ0) is 26.7. The Morgan fingerprint density at radius 3 is 2.46 bits per heavy atom. The first-order chi connectivity index (χ1) is 17.7. The zero-order valence-corrected chi connectivity index (χ0v) is 20.7. The number of benzene rings is 2. The van der Waals surface area contributed by atoms with Crippen LogP contribution in [0, 0.1) is 24.0 Å². The molecule has 190 valence electrons. The molecule has 0 radical (unpaired) electrons. The second-order valence-corrected chi connectivity index (χ2v) is 8.74. The smallest absolute Gasteiger partial charge is 0.305 e. The number of rotatable bonds is 9. The van der Waals surface area contributed by atoms with Gasteiger partial charge in [0.2, 0.25) is 0 Å². The molecule has 10 nitrogen and oxygen atoms in total. The van der Waals surface area contributed by atoms with Crippen molar-refractivity contribution in [2.45, 2.75) is 39.7 Å². The van der Waals surface area contributed by atoms with Crippen LogP contribution in [0.3, 0.4) is 0 Å². The van der Waals surface area contributed by atoms with E-state index in [2.05, 4.69) is 10.6 Å². The molecule has 0 fully saturated rings. The van der Waals surface area contributed by atoms with E-state index >= 15 is 0 Å². The van der Waals surface area contributed by atoms with E-state index in [1.54, 1.807) is 22.6 Å². The minimum atomic E-state index is -1.15. The summed E-state index contributed by atoms with van der Waals surface area (Å²) in [5.74, 6) is -0.941. The standard InChI is InChI=1S/C27H27N5O5/c1-4-21-26(30-24-16(2)8-5-9-17(24)3)31-13-7-12-20(25(31)28-21)27(35)29-22(15-23(33)34)18-10-6-11-19(14-18)32(36)37/h5-14,22,30H,4,15H2,1-3H3,(H,29,35)(H,33,34). The lowest BCUT2D eigenvalue weighted by Crippen LogP contribution is -2.30. The highest BCUT2D eigenvalue weighted by molar-refractivity contribution is 6.00. The van der Waals surface area contributed by atoms with Gasteiger partial charge in [0, 0.05) is 24.0 Å². The Kier molecular flexibility index (Phi) is 7.19. The number of carboxylic acid groups (broad SMARTS) is 1. The van der Waals surface area contributed by atoms with E-state index in [0.717, 1.165) is 28.3 Å². The molecule has 1 unspecified atom stereocenters. The molecule has 4 aromatic rings.